The molecular formula is C17H31NO2. The molecule has 0 aromatic heterocycles. The normalized spacial score (nSPS) is 11.6. The van der Waals surface area contributed by atoms with Crippen LogP contribution in [0.15, 0.2) is 36.1 Å². The fourth-order valence-corrected chi connectivity index (χ4v) is 1.12. The molecule has 20 heavy (non-hydrogen) atoms. The monoisotopic (exact) mass is 281 g/mol. The van der Waals surface area contributed by atoms with E-state index in [4.69, 9.17) is 4.74 Å². The quantitative estimate of drug-likeness (QED) is 0.560. The summed E-state index contributed by atoms with van der Waals surface area (Å²) in [6.07, 6.45) is 6.37. The molecule has 0 bridgehead atoms. The van der Waals surface area contributed by atoms with Crippen molar-refractivity contribution in [1.29, 1.82) is 0 Å². The van der Waals surface area contributed by atoms with Crippen LogP contribution in [0.1, 0.15) is 48.0 Å². The van der Waals surface area contributed by atoms with Crippen molar-refractivity contribution in [2.75, 3.05) is 13.2 Å². The van der Waals surface area contributed by atoms with Crippen LogP contribution in [0.5, 0.6) is 0 Å². The first-order valence-electron chi connectivity index (χ1n) is 7.24. The molecule has 0 saturated carbocycles. The first-order valence-corrected chi connectivity index (χ1v) is 7.24. The summed E-state index contributed by atoms with van der Waals surface area (Å²) < 4.78 is 5.36. The van der Waals surface area contributed by atoms with Crippen molar-refractivity contribution in [3.8, 4) is 0 Å². The van der Waals surface area contributed by atoms with E-state index in [2.05, 4.69) is 32.7 Å². The Labute approximate surface area is 124 Å². The lowest BCUT2D eigenvalue weighted by Gasteiger charge is -2.09. The van der Waals surface area contributed by atoms with Gasteiger partial charge in [-0.15, -0.1) is 0 Å². The maximum Gasteiger partial charge on any atom is 0.257 e. The molecule has 0 rings (SSSR count). The Balaban J connectivity index is 0. The second-order valence-corrected chi connectivity index (χ2v) is 5.12. The third-order valence-electron chi connectivity index (χ3n) is 1.92. The van der Waals surface area contributed by atoms with Crippen molar-refractivity contribution in [1.82, 2.24) is 5.32 Å². The van der Waals surface area contributed by atoms with Crippen molar-refractivity contribution in [2.24, 2.45) is 5.92 Å². The highest BCUT2D eigenvalue weighted by Crippen LogP contribution is 2.08. The van der Waals surface area contributed by atoms with Crippen molar-refractivity contribution in [2.45, 2.75) is 48.0 Å². The van der Waals surface area contributed by atoms with Crippen LogP contribution in [0.3, 0.4) is 0 Å². The zero-order valence-electron chi connectivity index (χ0n) is 14.0. The molecular weight excluding hydrogens is 250 g/mol. The minimum atomic E-state index is -0.102. The Hall–Kier alpha value is -1.51. The van der Waals surface area contributed by atoms with Crippen LogP contribution in [0, 0.1) is 5.92 Å². The van der Waals surface area contributed by atoms with Gasteiger partial charge in [0.15, 0.2) is 6.61 Å². The van der Waals surface area contributed by atoms with Crippen LogP contribution in [0.2, 0.25) is 0 Å². The van der Waals surface area contributed by atoms with Gasteiger partial charge in [0.2, 0.25) is 0 Å². The average Bonchev–Trinajstić information content (AvgIpc) is 2.36. The maximum atomic E-state index is 11.3. The zero-order chi connectivity index (χ0) is 16.0. The molecule has 3 heteroatoms. The van der Waals surface area contributed by atoms with E-state index >= 15 is 0 Å². The van der Waals surface area contributed by atoms with Gasteiger partial charge in [0.25, 0.3) is 5.91 Å². The molecule has 0 radical (unpaired) electrons. The van der Waals surface area contributed by atoms with Crippen molar-refractivity contribution in [3.63, 3.8) is 0 Å². The number of carbonyl (C=O) groups excluding carboxylic acids is 1. The standard InChI is InChI=1S/C13H21NO2.C4H10/c1-5-8-11(4)12(7-3)16-10-13(15)14-9-6-2;1-4(2)3/h5,7-8H,3,6,9-10H2,1-2,4H3,(H,14,15);4H,1-3H3/b8-5-,12-11+;. The van der Waals surface area contributed by atoms with Crippen LogP contribution in [-0.4, -0.2) is 19.1 Å². The molecule has 116 valence electrons. The van der Waals surface area contributed by atoms with Gasteiger partial charge in [0, 0.05) is 6.54 Å². The predicted molar refractivity (Wildman–Crippen MR) is 87.5 cm³/mol. The number of allylic oxidation sites excluding steroid dienone is 4. The molecule has 0 unspecified atom stereocenters. The molecule has 0 fully saturated rings. The molecule has 1 N–H and O–H groups in total. The van der Waals surface area contributed by atoms with Gasteiger partial charge in [0.05, 0.1) is 0 Å². The number of hydrogen-bond donors (Lipinski definition) is 1. The van der Waals surface area contributed by atoms with E-state index in [0.717, 1.165) is 17.9 Å². The minimum Gasteiger partial charge on any atom is -0.484 e. The Morgan fingerprint density at radius 2 is 1.90 bits per heavy atom. The highest BCUT2D eigenvalue weighted by molar-refractivity contribution is 5.77. The van der Waals surface area contributed by atoms with Gasteiger partial charge < -0.3 is 10.1 Å². The van der Waals surface area contributed by atoms with Crippen molar-refractivity contribution < 1.29 is 9.53 Å². The van der Waals surface area contributed by atoms with Gasteiger partial charge in [-0.3, -0.25) is 4.79 Å². The lowest BCUT2D eigenvalue weighted by molar-refractivity contribution is -0.124. The van der Waals surface area contributed by atoms with E-state index in [1.807, 2.05) is 32.9 Å². The van der Waals surface area contributed by atoms with Crippen molar-refractivity contribution >= 4 is 5.91 Å². The fourth-order valence-electron chi connectivity index (χ4n) is 1.12. The number of ether oxygens (including phenoxy) is 1. The summed E-state index contributed by atoms with van der Waals surface area (Å²) in [5, 5.41) is 2.74. The van der Waals surface area contributed by atoms with Crippen LogP contribution in [0.25, 0.3) is 0 Å². The lowest BCUT2D eigenvalue weighted by atomic mass is 10.2. The minimum absolute atomic E-state index is 0.0379. The largest absolute Gasteiger partial charge is 0.484 e. The van der Waals surface area contributed by atoms with Gasteiger partial charge in [-0.05, 0) is 37.8 Å². The number of amides is 1. The van der Waals surface area contributed by atoms with Gasteiger partial charge in [-0.1, -0.05) is 46.4 Å². The molecule has 0 heterocycles. The highest BCUT2D eigenvalue weighted by Gasteiger charge is 2.03. The Kier molecular flexibility index (Phi) is 14.5. The number of carbonyl (C=O) groups is 1. The zero-order valence-corrected chi connectivity index (χ0v) is 14.0. The van der Waals surface area contributed by atoms with Crippen LogP contribution in [-0.2, 0) is 9.53 Å². The fraction of sp³-hybridized carbons (Fsp3) is 0.588. The van der Waals surface area contributed by atoms with Crippen LogP contribution < -0.4 is 5.32 Å². The molecule has 0 aliphatic rings. The molecule has 3 nitrogen and oxygen atoms in total. The van der Waals surface area contributed by atoms with Crippen LogP contribution >= 0.6 is 0 Å². The topological polar surface area (TPSA) is 38.3 Å². The maximum absolute atomic E-state index is 11.3. The van der Waals surface area contributed by atoms with E-state index in [9.17, 15) is 4.79 Å². The van der Waals surface area contributed by atoms with E-state index in [1.54, 1.807) is 6.08 Å². The predicted octanol–water partition coefficient (Wildman–Crippen LogP) is 4.23. The molecule has 0 spiro atoms. The highest BCUT2D eigenvalue weighted by atomic mass is 16.5. The van der Waals surface area contributed by atoms with Crippen LogP contribution in [0.4, 0.5) is 0 Å². The van der Waals surface area contributed by atoms with Gasteiger partial charge in [-0.25, -0.2) is 0 Å². The number of nitrogens with one attached hydrogen (secondary N) is 1. The molecule has 0 aliphatic heterocycles. The molecule has 0 atom stereocenters. The van der Waals surface area contributed by atoms with E-state index in [1.165, 1.54) is 0 Å². The summed E-state index contributed by atoms with van der Waals surface area (Å²) in [4.78, 5) is 11.3. The Morgan fingerprint density at radius 3 is 2.30 bits per heavy atom. The van der Waals surface area contributed by atoms with Gasteiger partial charge >= 0.3 is 0 Å². The van der Waals surface area contributed by atoms with E-state index in [-0.39, 0.29) is 12.5 Å². The van der Waals surface area contributed by atoms with Gasteiger partial charge in [-0.2, -0.15) is 0 Å². The summed E-state index contributed by atoms with van der Waals surface area (Å²) in [6, 6.07) is 0. The van der Waals surface area contributed by atoms with E-state index in [0.29, 0.717) is 12.3 Å². The third kappa shape index (κ3) is 14.6. The summed E-state index contributed by atoms with van der Waals surface area (Å²) in [5.74, 6) is 1.37. The Morgan fingerprint density at radius 1 is 1.35 bits per heavy atom. The second kappa shape index (κ2) is 13.9. The van der Waals surface area contributed by atoms with Gasteiger partial charge in [0.1, 0.15) is 5.76 Å². The lowest BCUT2D eigenvalue weighted by Crippen LogP contribution is -2.28. The number of rotatable bonds is 7. The second-order valence-electron chi connectivity index (χ2n) is 5.12. The molecule has 1 amide bonds. The molecule has 0 aromatic rings. The smallest absolute Gasteiger partial charge is 0.257 e. The average molecular weight is 281 g/mol. The Bertz CT molecular complexity index is 325. The number of hydrogen-bond acceptors (Lipinski definition) is 2. The molecule has 0 aromatic carbocycles. The summed E-state index contributed by atoms with van der Waals surface area (Å²) in [5.41, 5.74) is 0.959. The van der Waals surface area contributed by atoms with Crippen molar-refractivity contribution in [3.05, 3.63) is 36.1 Å². The third-order valence-corrected chi connectivity index (χ3v) is 1.92. The van der Waals surface area contributed by atoms with E-state index < -0.39 is 0 Å². The molecule has 0 saturated heterocycles. The summed E-state index contributed by atoms with van der Waals surface area (Å²) in [7, 11) is 0. The summed E-state index contributed by atoms with van der Waals surface area (Å²) >= 11 is 0. The SMILES string of the molecule is C=C/C(OCC(=O)NCCC)=C(C)\C=C/C.CC(C)C. The summed E-state index contributed by atoms with van der Waals surface area (Å²) in [6.45, 7) is 16.7. The first-order chi connectivity index (χ1) is 9.38. The molecule has 0 aliphatic carbocycles. The first kappa shape index (κ1) is 20.8.